The van der Waals surface area contributed by atoms with Crippen molar-refractivity contribution in [3.8, 4) is 0 Å². The maximum absolute atomic E-state index is 5.56. The summed E-state index contributed by atoms with van der Waals surface area (Å²) in [5.74, 6) is 0.955. The van der Waals surface area contributed by atoms with E-state index in [1.807, 2.05) is 4.68 Å². The molecule has 6 heteroatoms. The van der Waals surface area contributed by atoms with Crippen LogP contribution in [0.15, 0.2) is 0 Å². The second-order valence-electron chi connectivity index (χ2n) is 5.05. The molecule has 2 atom stereocenters. The number of hydrogen-bond donors (Lipinski definition) is 1. The second-order valence-corrected chi connectivity index (χ2v) is 5.05. The van der Waals surface area contributed by atoms with Crippen LogP contribution in [0.4, 0.5) is 0 Å². The van der Waals surface area contributed by atoms with E-state index in [0.717, 1.165) is 31.8 Å². The van der Waals surface area contributed by atoms with Gasteiger partial charge in [-0.15, -0.1) is 5.10 Å². The Morgan fingerprint density at radius 3 is 3.06 bits per heavy atom. The lowest BCUT2D eigenvalue weighted by Crippen LogP contribution is -2.28. The topological polar surface area (TPSA) is 64.9 Å². The summed E-state index contributed by atoms with van der Waals surface area (Å²) < 4.78 is 7.54. The van der Waals surface area contributed by atoms with Gasteiger partial charge in [-0.25, -0.2) is 4.68 Å². The van der Waals surface area contributed by atoms with Gasteiger partial charge in [-0.2, -0.15) is 0 Å². The molecule has 1 saturated carbocycles. The van der Waals surface area contributed by atoms with Gasteiger partial charge in [-0.3, -0.25) is 0 Å². The fraction of sp³-hybridized carbons (Fsp3) is 0.909. The van der Waals surface area contributed by atoms with Crippen molar-refractivity contribution in [1.29, 1.82) is 0 Å². The van der Waals surface area contributed by atoms with Gasteiger partial charge < -0.3 is 10.1 Å². The number of aromatic nitrogens is 4. The Balaban J connectivity index is 1.66. The summed E-state index contributed by atoms with van der Waals surface area (Å²) in [6, 6.07) is 1.08. The predicted molar refractivity (Wildman–Crippen MR) is 61.4 cm³/mol. The third-order valence-electron chi connectivity index (χ3n) is 3.49. The van der Waals surface area contributed by atoms with Crippen molar-refractivity contribution in [3.05, 3.63) is 5.82 Å². The van der Waals surface area contributed by atoms with Crippen molar-refractivity contribution in [1.82, 2.24) is 25.5 Å². The molecule has 1 N–H and O–H groups in total. The van der Waals surface area contributed by atoms with Crippen molar-refractivity contribution < 1.29 is 4.74 Å². The summed E-state index contributed by atoms with van der Waals surface area (Å²) in [7, 11) is 0. The van der Waals surface area contributed by atoms with Crippen LogP contribution in [0.3, 0.4) is 0 Å². The van der Waals surface area contributed by atoms with Crippen LogP contribution in [0.1, 0.15) is 44.5 Å². The Hall–Kier alpha value is -1.01. The second kappa shape index (κ2) is 4.70. The van der Waals surface area contributed by atoms with E-state index in [1.54, 1.807) is 0 Å². The zero-order chi connectivity index (χ0) is 11.7. The Morgan fingerprint density at radius 1 is 1.41 bits per heavy atom. The quantitative estimate of drug-likeness (QED) is 0.833. The van der Waals surface area contributed by atoms with E-state index >= 15 is 0 Å². The average Bonchev–Trinajstić information content (AvgIpc) is 3.04. The molecule has 2 fully saturated rings. The third kappa shape index (κ3) is 2.63. The van der Waals surface area contributed by atoms with Crippen LogP contribution >= 0.6 is 0 Å². The molecule has 0 bridgehead atoms. The molecule has 6 nitrogen and oxygen atoms in total. The summed E-state index contributed by atoms with van der Waals surface area (Å²) in [5, 5.41) is 15.5. The fourth-order valence-corrected chi connectivity index (χ4v) is 2.33. The summed E-state index contributed by atoms with van der Waals surface area (Å²) in [5.41, 5.74) is 0. The highest BCUT2D eigenvalue weighted by atomic mass is 16.5. The average molecular weight is 237 g/mol. The highest BCUT2D eigenvalue weighted by molar-refractivity contribution is 4.89. The van der Waals surface area contributed by atoms with Gasteiger partial charge in [0.2, 0.25) is 0 Å². The van der Waals surface area contributed by atoms with E-state index in [9.17, 15) is 0 Å². The first kappa shape index (κ1) is 11.1. The van der Waals surface area contributed by atoms with Gasteiger partial charge in [0.1, 0.15) is 0 Å². The molecule has 1 aliphatic carbocycles. The van der Waals surface area contributed by atoms with Gasteiger partial charge in [0, 0.05) is 12.6 Å². The molecule has 1 saturated heterocycles. The number of hydrogen-bond acceptors (Lipinski definition) is 5. The first-order valence-electron chi connectivity index (χ1n) is 6.44. The van der Waals surface area contributed by atoms with Gasteiger partial charge in [0.15, 0.2) is 5.82 Å². The monoisotopic (exact) mass is 237 g/mol. The molecule has 1 aromatic rings. The number of tetrazole rings is 1. The number of nitrogens with one attached hydrogen (secondary N) is 1. The Labute approximate surface area is 101 Å². The highest BCUT2D eigenvalue weighted by Gasteiger charge is 2.25. The summed E-state index contributed by atoms with van der Waals surface area (Å²) in [6.45, 7) is 3.70. The number of ether oxygens (including phenoxy) is 1. The number of nitrogens with zero attached hydrogens (tertiary/aromatic N) is 4. The largest absolute Gasteiger partial charge is 0.378 e. The van der Waals surface area contributed by atoms with Crippen LogP contribution in [0, 0.1) is 0 Å². The maximum Gasteiger partial charge on any atom is 0.165 e. The molecule has 1 aliphatic heterocycles. The van der Waals surface area contributed by atoms with Crippen LogP contribution in [0.2, 0.25) is 0 Å². The molecule has 2 heterocycles. The molecule has 2 unspecified atom stereocenters. The predicted octanol–water partition coefficient (Wildman–Crippen LogP) is 0.665. The van der Waals surface area contributed by atoms with Crippen LogP contribution in [0.5, 0.6) is 0 Å². The van der Waals surface area contributed by atoms with E-state index in [4.69, 9.17) is 4.74 Å². The summed E-state index contributed by atoms with van der Waals surface area (Å²) in [6.07, 6.45) is 4.89. The Morgan fingerprint density at radius 2 is 2.29 bits per heavy atom. The molecule has 3 rings (SSSR count). The van der Waals surface area contributed by atoms with E-state index in [0.29, 0.717) is 18.2 Å². The van der Waals surface area contributed by atoms with Crippen molar-refractivity contribution >= 4 is 0 Å². The zero-order valence-electron chi connectivity index (χ0n) is 10.2. The lowest BCUT2D eigenvalue weighted by Gasteiger charge is -2.27. The van der Waals surface area contributed by atoms with E-state index in [2.05, 4.69) is 27.8 Å². The normalized spacial score (nSPS) is 29.5. The standard InChI is InChI=1S/C11H19N5O/c1-8-6-10(4-5-17-8)16-11(13-14-15-16)7-12-9-2-3-9/h8-10,12H,2-7H2,1H3. The molecule has 1 aromatic heterocycles. The van der Waals surface area contributed by atoms with Gasteiger partial charge in [-0.05, 0) is 43.0 Å². The van der Waals surface area contributed by atoms with E-state index in [-0.39, 0.29) is 0 Å². The molecular weight excluding hydrogens is 218 g/mol. The summed E-state index contributed by atoms with van der Waals surface area (Å²) in [4.78, 5) is 0. The molecule has 17 heavy (non-hydrogen) atoms. The number of rotatable bonds is 4. The van der Waals surface area contributed by atoms with Crippen LogP contribution in [-0.2, 0) is 11.3 Å². The van der Waals surface area contributed by atoms with E-state index < -0.39 is 0 Å². The van der Waals surface area contributed by atoms with Gasteiger partial charge in [0.25, 0.3) is 0 Å². The molecule has 0 aromatic carbocycles. The summed E-state index contributed by atoms with van der Waals surface area (Å²) >= 11 is 0. The smallest absolute Gasteiger partial charge is 0.165 e. The molecule has 0 amide bonds. The van der Waals surface area contributed by atoms with Gasteiger partial charge in [0.05, 0.1) is 18.7 Å². The highest BCUT2D eigenvalue weighted by Crippen LogP contribution is 2.25. The van der Waals surface area contributed by atoms with E-state index in [1.165, 1.54) is 12.8 Å². The molecular formula is C11H19N5O. The van der Waals surface area contributed by atoms with Crippen molar-refractivity contribution in [3.63, 3.8) is 0 Å². The zero-order valence-corrected chi connectivity index (χ0v) is 10.2. The fourth-order valence-electron chi connectivity index (χ4n) is 2.33. The first-order chi connectivity index (χ1) is 8.33. The van der Waals surface area contributed by atoms with Crippen LogP contribution in [0.25, 0.3) is 0 Å². The van der Waals surface area contributed by atoms with Gasteiger partial charge in [-0.1, -0.05) is 0 Å². The minimum atomic E-state index is 0.308. The lowest BCUT2D eigenvalue weighted by atomic mass is 10.0. The third-order valence-corrected chi connectivity index (χ3v) is 3.49. The minimum absolute atomic E-state index is 0.308. The first-order valence-corrected chi connectivity index (χ1v) is 6.44. The van der Waals surface area contributed by atoms with Crippen molar-refractivity contribution in [2.45, 2.75) is 57.3 Å². The molecule has 2 aliphatic rings. The van der Waals surface area contributed by atoms with Crippen molar-refractivity contribution in [2.24, 2.45) is 0 Å². The maximum atomic E-state index is 5.56. The lowest BCUT2D eigenvalue weighted by molar-refractivity contribution is 0.00248. The SMILES string of the molecule is CC1CC(n2nnnc2CNC2CC2)CCO1. The Kier molecular flexibility index (Phi) is 3.07. The Bertz CT molecular complexity index is 376. The van der Waals surface area contributed by atoms with Crippen LogP contribution < -0.4 is 5.32 Å². The molecule has 0 spiro atoms. The van der Waals surface area contributed by atoms with Crippen LogP contribution in [-0.4, -0.2) is 39.0 Å². The van der Waals surface area contributed by atoms with Gasteiger partial charge >= 0.3 is 0 Å². The molecule has 94 valence electrons. The van der Waals surface area contributed by atoms with Crippen molar-refractivity contribution in [2.75, 3.05) is 6.61 Å². The molecule has 0 radical (unpaired) electrons. The minimum Gasteiger partial charge on any atom is -0.378 e.